The molecule has 0 spiro atoms. The number of aliphatic hydroxyl groups excluding tert-OH is 1. The Hall–Kier alpha value is -0.190. The van der Waals surface area contributed by atoms with Crippen molar-refractivity contribution < 1.29 is 18.7 Å². The minimum atomic E-state index is -3.48. The van der Waals surface area contributed by atoms with Crippen LogP contribution in [0.25, 0.3) is 0 Å². The molecular formula is C9H12BrO4P. The van der Waals surface area contributed by atoms with Crippen LogP contribution in [-0.4, -0.2) is 19.3 Å². The van der Waals surface area contributed by atoms with Crippen LogP contribution in [0.1, 0.15) is 11.4 Å². The molecule has 1 aromatic rings. The van der Waals surface area contributed by atoms with E-state index in [1.165, 1.54) is 14.2 Å². The van der Waals surface area contributed by atoms with Crippen molar-refractivity contribution in [3.8, 4) is 0 Å². The molecule has 4 nitrogen and oxygen atoms in total. The van der Waals surface area contributed by atoms with E-state index in [9.17, 15) is 9.67 Å². The fourth-order valence-corrected chi connectivity index (χ4v) is 2.62. The summed E-state index contributed by atoms with van der Waals surface area (Å²) in [5, 5.41) is 9.83. The van der Waals surface area contributed by atoms with Crippen LogP contribution in [-0.2, 0) is 13.6 Å². The summed E-state index contributed by atoms with van der Waals surface area (Å²) in [7, 11) is -0.996. The molecule has 1 rings (SSSR count). The van der Waals surface area contributed by atoms with Gasteiger partial charge in [-0.25, -0.2) is 0 Å². The van der Waals surface area contributed by atoms with E-state index >= 15 is 0 Å². The smallest absolute Gasteiger partial charge is 0.362 e. The standard InChI is InChI=1S/C9H12BrO4P/c1-13-15(12,14-2)9(11)7-4-3-5-8(10)6-7/h3-6,9,11H,1-2H3. The predicted molar refractivity (Wildman–Crippen MR) is 60.7 cm³/mol. The normalized spacial score (nSPS) is 13.9. The van der Waals surface area contributed by atoms with Crippen LogP contribution in [0.3, 0.4) is 0 Å². The van der Waals surface area contributed by atoms with E-state index in [2.05, 4.69) is 15.9 Å². The summed E-state index contributed by atoms with van der Waals surface area (Å²) in [6.45, 7) is 0. The van der Waals surface area contributed by atoms with Gasteiger partial charge in [-0.2, -0.15) is 0 Å². The van der Waals surface area contributed by atoms with Gasteiger partial charge in [0, 0.05) is 18.7 Å². The largest absolute Gasteiger partial charge is 0.376 e. The van der Waals surface area contributed by atoms with Gasteiger partial charge in [0.15, 0.2) is 5.85 Å². The van der Waals surface area contributed by atoms with Gasteiger partial charge in [0.05, 0.1) is 0 Å². The lowest BCUT2D eigenvalue weighted by Crippen LogP contribution is -2.02. The zero-order chi connectivity index (χ0) is 11.5. The van der Waals surface area contributed by atoms with Crippen molar-refractivity contribution in [3.05, 3.63) is 34.3 Å². The molecule has 1 atom stereocenters. The molecule has 6 heteroatoms. The van der Waals surface area contributed by atoms with E-state index in [1.54, 1.807) is 24.3 Å². The third kappa shape index (κ3) is 2.89. The first-order valence-electron chi connectivity index (χ1n) is 4.18. The van der Waals surface area contributed by atoms with Gasteiger partial charge >= 0.3 is 7.60 Å². The molecule has 0 aromatic heterocycles. The molecule has 1 unspecified atom stereocenters. The van der Waals surface area contributed by atoms with Crippen molar-refractivity contribution in [2.75, 3.05) is 14.2 Å². The first-order valence-corrected chi connectivity index (χ1v) is 6.58. The molecule has 0 saturated carbocycles. The van der Waals surface area contributed by atoms with Gasteiger partial charge in [0.2, 0.25) is 0 Å². The third-order valence-corrected chi connectivity index (χ3v) is 4.36. The lowest BCUT2D eigenvalue weighted by atomic mass is 10.2. The summed E-state index contributed by atoms with van der Waals surface area (Å²) < 4.78 is 22.1. The van der Waals surface area contributed by atoms with Gasteiger partial charge in [0.25, 0.3) is 0 Å². The number of hydrogen-bond donors (Lipinski definition) is 1. The Morgan fingerprint density at radius 2 is 2.00 bits per heavy atom. The van der Waals surface area contributed by atoms with Crippen LogP contribution in [0.4, 0.5) is 0 Å². The predicted octanol–water partition coefficient (Wildman–Crippen LogP) is 2.93. The fourth-order valence-electron chi connectivity index (χ4n) is 1.12. The molecule has 84 valence electrons. The average Bonchev–Trinajstić information content (AvgIpc) is 2.27. The number of halogens is 1. The van der Waals surface area contributed by atoms with Crippen LogP contribution in [0.15, 0.2) is 28.7 Å². The molecule has 0 heterocycles. The van der Waals surface area contributed by atoms with Crippen molar-refractivity contribution >= 4 is 23.5 Å². The van der Waals surface area contributed by atoms with Crippen molar-refractivity contribution in [1.29, 1.82) is 0 Å². The van der Waals surface area contributed by atoms with Crippen LogP contribution >= 0.6 is 23.5 Å². The molecular weight excluding hydrogens is 283 g/mol. The molecule has 1 N–H and O–H groups in total. The molecule has 0 saturated heterocycles. The highest BCUT2D eigenvalue weighted by atomic mass is 79.9. The second kappa shape index (κ2) is 5.23. The average molecular weight is 295 g/mol. The summed E-state index contributed by atoms with van der Waals surface area (Å²) in [6, 6.07) is 6.86. The highest BCUT2D eigenvalue weighted by Gasteiger charge is 2.33. The monoisotopic (exact) mass is 294 g/mol. The maximum Gasteiger partial charge on any atom is 0.362 e. The Morgan fingerprint density at radius 3 is 2.47 bits per heavy atom. The van der Waals surface area contributed by atoms with Crippen LogP contribution in [0.2, 0.25) is 0 Å². The van der Waals surface area contributed by atoms with Gasteiger partial charge < -0.3 is 14.2 Å². The Labute approximate surface area is 96.9 Å². The molecule has 0 bridgehead atoms. The van der Waals surface area contributed by atoms with Crippen molar-refractivity contribution in [2.24, 2.45) is 0 Å². The Balaban J connectivity index is 3.03. The van der Waals surface area contributed by atoms with Gasteiger partial charge in [-0.15, -0.1) is 0 Å². The van der Waals surface area contributed by atoms with Crippen LogP contribution < -0.4 is 0 Å². The highest BCUT2D eigenvalue weighted by molar-refractivity contribution is 9.10. The lowest BCUT2D eigenvalue weighted by Gasteiger charge is -2.19. The second-order valence-corrected chi connectivity index (χ2v) is 6.05. The van der Waals surface area contributed by atoms with Crippen LogP contribution in [0, 0.1) is 0 Å². The van der Waals surface area contributed by atoms with Crippen molar-refractivity contribution in [1.82, 2.24) is 0 Å². The van der Waals surface area contributed by atoms with Gasteiger partial charge in [-0.05, 0) is 17.7 Å². The van der Waals surface area contributed by atoms with Crippen molar-refractivity contribution in [2.45, 2.75) is 5.85 Å². The van der Waals surface area contributed by atoms with Gasteiger partial charge in [0.1, 0.15) is 0 Å². The number of rotatable bonds is 4. The summed E-state index contributed by atoms with van der Waals surface area (Å²) >= 11 is 3.26. The first kappa shape index (κ1) is 12.9. The minimum Gasteiger partial charge on any atom is -0.376 e. The van der Waals surface area contributed by atoms with E-state index in [0.29, 0.717) is 5.56 Å². The molecule has 0 amide bonds. The number of hydrogen-bond acceptors (Lipinski definition) is 4. The molecule has 0 fully saturated rings. The zero-order valence-corrected chi connectivity index (χ0v) is 10.9. The molecule has 0 radical (unpaired) electrons. The number of aliphatic hydroxyl groups is 1. The SMILES string of the molecule is COP(=O)(OC)C(O)c1cccc(Br)c1. The topological polar surface area (TPSA) is 55.8 Å². The summed E-state index contributed by atoms with van der Waals surface area (Å²) in [5.41, 5.74) is 0.483. The summed E-state index contributed by atoms with van der Waals surface area (Å²) in [6.07, 6.45) is 0. The quantitative estimate of drug-likeness (QED) is 0.868. The van der Waals surface area contributed by atoms with E-state index in [4.69, 9.17) is 9.05 Å². The molecule has 0 aliphatic heterocycles. The van der Waals surface area contributed by atoms with E-state index < -0.39 is 13.4 Å². The zero-order valence-electron chi connectivity index (χ0n) is 8.38. The minimum absolute atomic E-state index is 0.483. The first-order chi connectivity index (χ1) is 7.03. The molecule has 1 aromatic carbocycles. The van der Waals surface area contributed by atoms with Crippen LogP contribution in [0.5, 0.6) is 0 Å². The second-order valence-electron chi connectivity index (χ2n) is 2.83. The Bertz CT molecular complexity index is 374. The number of benzene rings is 1. The maximum atomic E-state index is 11.9. The summed E-state index contributed by atoms with van der Waals surface area (Å²) in [4.78, 5) is 0. The highest BCUT2D eigenvalue weighted by Crippen LogP contribution is 2.58. The van der Waals surface area contributed by atoms with E-state index in [0.717, 1.165) is 4.47 Å². The third-order valence-electron chi connectivity index (χ3n) is 1.96. The van der Waals surface area contributed by atoms with Gasteiger partial charge in [-0.3, -0.25) is 4.57 Å². The van der Waals surface area contributed by atoms with E-state index in [1.807, 2.05) is 0 Å². The molecule has 0 aliphatic rings. The Morgan fingerprint density at radius 1 is 1.40 bits per heavy atom. The molecule has 0 aliphatic carbocycles. The summed E-state index contributed by atoms with van der Waals surface area (Å²) in [5.74, 6) is -1.27. The molecule has 15 heavy (non-hydrogen) atoms. The lowest BCUT2D eigenvalue weighted by molar-refractivity contribution is 0.176. The maximum absolute atomic E-state index is 11.9. The van der Waals surface area contributed by atoms with E-state index in [-0.39, 0.29) is 0 Å². The Kier molecular flexibility index (Phi) is 4.49. The van der Waals surface area contributed by atoms with Crippen molar-refractivity contribution in [3.63, 3.8) is 0 Å². The van der Waals surface area contributed by atoms with Gasteiger partial charge in [-0.1, -0.05) is 28.1 Å². The fraction of sp³-hybridized carbons (Fsp3) is 0.333.